The van der Waals surface area contributed by atoms with Gasteiger partial charge in [-0.2, -0.15) is 0 Å². The van der Waals surface area contributed by atoms with E-state index < -0.39 is 12.0 Å². The predicted octanol–water partition coefficient (Wildman–Crippen LogP) is 2.99. The Bertz CT molecular complexity index is 378. The standard InChI is InChI=1S/C13H17F2NO/c1-17-12-6-5-9(14)8-10(12)13(15)11-4-2-3-7-16-11/h5-6,8,11,13,16H,2-4,7H2,1H3. The van der Waals surface area contributed by atoms with Gasteiger partial charge in [-0.1, -0.05) is 6.42 Å². The lowest BCUT2D eigenvalue weighted by atomic mass is 9.95. The monoisotopic (exact) mass is 241 g/mol. The highest BCUT2D eigenvalue weighted by atomic mass is 19.1. The van der Waals surface area contributed by atoms with Gasteiger partial charge in [0, 0.05) is 11.6 Å². The summed E-state index contributed by atoms with van der Waals surface area (Å²) in [5.41, 5.74) is 0.298. The van der Waals surface area contributed by atoms with Crippen LogP contribution in [0.15, 0.2) is 18.2 Å². The smallest absolute Gasteiger partial charge is 0.144 e. The highest BCUT2D eigenvalue weighted by molar-refractivity contribution is 5.36. The minimum Gasteiger partial charge on any atom is -0.496 e. The Labute approximate surface area is 100.0 Å². The average molecular weight is 241 g/mol. The summed E-state index contributed by atoms with van der Waals surface area (Å²) in [7, 11) is 1.47. The lowest BCUT2D eigenvalue weighted by Crippen LogP contribution is -2.37. The maximum atomic E-state index is 14.3. The maximum Gasteiger partial charge on any atom is 0.144 e. The van der Waals surface area contributed by atoms with Gasteiger partial charge >= 0.3 is 0 Å². The molecule has 0 aliphatic carbocycles. The molecule has 1 N–H and O–H groups in total. The van der Waals surface area contributed by atoms with Gasteiger partial charge in [0.1, 0.15) is 17.7 Å². The number of halogens is 2. The second-order valence-electron chi connectivity index (χ2n) is 4.34. The normalized spacial score (nSPS) is 22.2. The molecule has 1 heterocycles. The number of ether oxygens (including phenoxy) is 1. The number of rotatable bonds is 3. The van der Waals surface area contributed by atoms with Crippen molar-refractivity contribution in [3.63, 3.8) is 0 Å². The summed E-state index contributed by atoms with van der Waals surface area (Å²) in [5, 5.41) is 3.14. The van der Waals surface area contributed by atoms with E-state index in [1.807, 2.05) is 0 Å². The second kappa shape index (κ2) is 5.45. The molecular formula is C13H17F2NO. The van der Waals surface area contributed by atoms with Crippen molar-refractivity contribution in [2.45, 2.75) is 31.5 Å². The van der Waals surface area contributed by atoms with E-state index in [2.05, 4.69) is 5.32 Å². The molecule has 2 atom stereocenters. The first-order valence-electron chi connectivity index (χ1n) is 5.93. The third-order valence-corrected chi connectivity index (χ3v) is 3.19. The Kier molecular flexibility index (Phi) is 3.94. The molecular weight excluding hydrogens is 224 g/mol. The molecule has 2 unspecified atom stereocenters. The van der Waals surface area contributed by atoms with Crippen molar-refractivity contribution in [2.75, 3.05) is 13.7 Å². The first-order valence-corrected chi connectivity index (χ1v) is 5.93. The van der Waals surface area contributed by atoms with Crippen LogP contribution >= 0.6 is 0 Å². The predicted molar refractivity (Wildman–Crippen MR) is 62.4 cm³/mol. The van der Waals surface area contributed by atoms with Gasteiger partial charge in [-0.25, -0.2) is 8.78 Å². The molecule has 0 amide bonds. The van der Waals surface area contributed by atoms with E-state index in [0.29, 0.717) is 11.3 Å². The van der Waals surface area contributed by atoms with Crippen LogP contribution in [0, 0.1) is 5.82 Å². The Morgan fingerprint density at radius 1 is 1.41 bits per heavy atom. The molecule has 2 nitrogen and oxygen atoms in total. The molecule has 0 radical (unpaired) electrons. The van der Waals surface area contributed by atoms with Gasteiger partial charge in [-0.15, -0.1) is 0 Å². The first kappa shape index (κ1) is 12.3. The van der Waals surface area contributed by atoms with E-state index >= 15 is 0 Å². The molecule has 4 heteroatoms. The van der Waals surface area contributed by atoms with Crippen LogP contribution in [0.5, 0.6) is 5.75 Å². The Morgan fingerprint density at radius 3 is 2.88 bits per heavy atom. The SMILES string of the molecule is COc1ccc(F)cc1C(F)C1CCCCN1. The fourth-order valence-corrected chi connectivity index (χ4v) is 2.27. The third-order valence-electron chi connectivity index (χ3n) is 3.19. The minimum absolute atomic E-state index is 0.237. The Morgan fingerprint density at radius 2 is 2.24 bits per heavy atom. The average Bonchev–Trinajstić information content (AvgIpc) is 2.39. The van der Waals surface area contributed by atoms with E-state index in [1.165, 1.54) is 25.3 Å². The molecule has 1 saturated heterocycles. The van der Waals surface area contributed by atoms with Crippen molar-refractivity contribution in [3.8, 4) is 5.75 Å². The van der Waals surface area contributed by atoms with Gasteiger partial charge in [0.25, 0.3) is 0 Å². The van der Waals surface area contributed by atoms with Gasteiger partial charge in [0.15, 0.2) is 0 Å². The molecule has 2 rings (SSSR count). The van der Waals surface area contributed by atoms with Crippen LogP contribution in [0.3, 0.4) is 0 Å². The van der Waals surface area contributed by atoms with Crippen molar-refractivity contribution < 1.29 is 13.5 Å². The van der Waals surface area contributed by atoms with E-state index in [4.69, 9.17) is 4.74 Å². The molecule has 1 aromatic rings. The summed E-state index contributed by atoms with van der Waals surface area (Å²) in [4.78, 5) is 0. The lowest BCUT2D eigenvalue weighted by Gasteiger charge is -2.27. The third kappa shape index (κ3) is 2.75. The highest BCUT2D eigenvalue weighted by Gasteiger charge is 2.27. The molecule has 0 spiro atoms. The number of hydrogen-bond donors (Lipinski definition) is 1. The number of piperidine rings is 1. The second-order valence-corrected chi connectivity index (χ2v) is 4.34. The molecule has 1 aromatic carbocycles. The van der Waals surface area contributed by atoms with Crippen molar-refractivity contribution in [1.29, 1.82) is 0 Å². The molecule has 0 saturated carbocycles. The zero-order valence-corrected chi connectivity index (χ0v) is 9.88. The zero-order valence-electron chi connectivity index (χ0n) is 9.88. The summed E-state index contributed by atoms with van der Waals surface area (Å²) >= 11 is 0. The summed E-state index contributed by atoms with van der Waals surface area (Å²) in [6, 6.07) is 3.74. The quantitative estimate of drug-likeness (QED) is 0.878. The van der Waals surface area contributed by atoms with Gasteiger partial charge in [-0.05, 0) is 37.6 Å². The van der Waals surface area contributed by atoms with E-state index in [1.54, 1.807) is 0 Å². The van der Waals surface area contributed by atoms with Gasteiger partial charge < -0.3 is 10.1 Å². The van der Waals surface area contributed by atoms with E-state index in [-0.39, 0.29) is 6.04 Å². The Hall–Kier alpha value is -1.16. The van der Waals surface area contributed by atoms with E-state index in [9.17, 15) is 8.78 Å². The molecule has 94 valence electrons. The molecule has 0 bridgehead atoms. The fourth-order valence-electron chi connectivity index (χ4n) is 2.27. The maximum absolute atomic E-state index is 14.3. The van der Waals surface area contributed by atoms with Crippen molar-refractivity contribution in [2.24, 2.45) is 0 Å². The summed E-state index contributed by atoms with van der Waals surface area (Å²) in [5.74, 6) is -0.0227. The molecule has 1 aliphatic heterocycles. The van der Waals surface area contributed by atoms with Gasteiger partial charge in [0.05, 0.1) is 7.11 Å². The van der Waals surface area contributed by atoms with Crippen LogP contribution in [0.4, 0.5) is 8.78 Å². The van der Waals surface area contributed by atoms with Crippen LogP contribution in [-0.4, -0.2) is 19.7 Å². The largest absolute Gasteiger partial charge is 0.496 e. The highest BCUT2D eigenvalue weighted by Crippen LogP contribution is 2.33. The topological polar surface area (TPSA) is 21.3 Å². The zero-order chi connectivity index (χ0) is 12.3. The van der Waals surface area contributed by atoms with Gasteiger partial charge in [-0.3, -0.25) is 0 Å². The molecule has 1 fully saturated rings. The van der Waals surface area contributed by atoms with E-state index in [0.717, 1.165) is 25.8 Å². The number of hydrogen-bond acceptors (Lipinski definition) is 2. The molecule has 17 heavy (non-hydrogen) atoms. The van der Waals surface area contributed by atoms with Crippen LogP contribution in [0.1, 0.15) is 31.0 Å². The van der Waals surface area contributed by atoms with Crippen molar-refractivity contribution in [1.82, 2.24) is 5.32 Å². The van der Waals surface area contributed by atoms with Crippen LogP contribution in [0.2, 0.25) is 0 Å². The number of benzene rings is 1. The lowest BCUT2D eigenvalue weighted by molar-refractivity contribution is 0.215. The first-order chi connectivity index (χ1) is 8.22. The summed E-state index contributed by atoms with van der Waals surface area (Å²) in [6.07, 6.45) is 1.64. The molecule has 0 aromatic heterocycles. The number of methoxy groups -OCH3 is 1. The molecule has 1 aliphatic rings. The Balaban J connectivity index is 2.21. The number of nitrogens with one attached hydrogen (secondary N) is 1. The summed E-state index contributed by atoms with van der Waals surface area (Å²) < 4.78 is 32.6. The van der Waals surface area contributed by atoms with Crippen LogP contribution in [0.25, 0.3) is 0 Å². The van der Waals surface area contributed by atoms with Crippen LogP contribution < -0.4 is 10.1 Å². The fraction of sp³-hybridized carbons (Fsp3) is 0.538. The van der Waals surface area contributed by atoms with Crippen molar-refractivity contribution >= 4 is 0 Å². The van der Waals surface area contributed by atoms with Crippen molar-refractivity contribution in [3.05, 3.63) is 29.6 Å². The number of alkyl halides is 1. The minimum atomic E-state index is -1.22. The van der Waals surface area contributed by atoms with Gasteiger partial charge in [0.2, 0.25) is 0 Å². The van der Waals surface area contributed by atoms with Crippen LogP contribution in [-0.2, 0) is 0 Å². The summed E-state index contributed by atoms with van der Waals surface area (Å²) in [6.45, 7) is 0.822.